The molecule has 0 saturated carbocycles. The fraction of sp³-hybridized carbons (Fsp3) is 0.750. The molecule has 0 aromatic heterocycles. The largest absolute Gasteiger partial charge is 0.343 e. The lowest BCUT2D eigenvalue weighted by Crippen LogP contribution is -2.03. The smallest absolute Gasteiger partial charge is 0.122 e. The molecule has 0 aliphatic carbocycles. The summed E-state index contributed by atoms with van der Waals surface area (Å²) in [6, 6.07) is 0. The number of terminal acetylenes is 1. The van der Waals surface area contributed by atoms with Crippen molar-refractivity contribution in [2.75, 3.05) is 0 Å². The zero-order valence-electron chi connectivity index (χ0n) is 6.97. The van der Waals surface area contributed by atoms with Gasteiger partial charge in [0.15, 0.2) is 0 Å². The molecule has 0 rings (SSSR count). The third kappa shape index (κ3) is 6.77. The van der Waals surface area contributed by atoms with E-state index in [4.69, 9.17) is 10.9 Å². The van der Waals surface area contributed by atoms with Crippen LogP contribution in [-0.4, -0.2) is 6.10 Å². The third-order valence-electron chi connectivity index (χ3n) is 1.47. The van der Waals surface area contributed by atoms with Crippen molar-refractivity contribution in [2.45, 2.75) is 38.7 Å². The molecule has 0 N–H and O–H groups in total. The van der Waals surface area contributed by atoms with Gasteiger partial charge in [-0.05, 0) is 12.8 Å². The molecule has 1 nitrogen and oxygen atoms in total. The number of hydrogen-bond donors (Lipinski definition) is 0. The first kappa shape index (κ1) is 11.4. The van der Waals surface area contributed by atoms with E-state index in [1.165, 1.54) is 19.3 Å². The normalized spacial score (nSPS) is 13.5. The van der Waals surface area contributed by atoms with E-state index in [1.54, 1.807) is 0 Å². The maximum atomic E-state index is 5.29. The topological polar surface area (TPSA) is 9.23 Å². The SMILES string of the molecule is C#C[C@H](CCCCC)OPP. The summed E-state index contributed by atoms with van der Waals surface area (Å²) >= 11 is 0. The van der Waals surface area contributed by atoms with Crippen molar-refractivity contribution in [3.8, 4) is 12.3 Å². The van der Waals surface area contributed by atoms with E-state index in [9.17, 15) is 0 Å². The minimum atomic E-state index is 0.0392. The molecule has 0 radical (unpaired) electrons. The highest BCUT2D eigenvalue weighted by Crippen LogP contribution is 2.25. The van der Waals surface area contributed by atoms with Gasteiger partial charge in [0, 0.05) is 8.50 Å². The van der Waals surface area contributed by atoms with E-state index < -0.39 is 0 Å². The minimum absolute atomic E-state index is 0.0392. The van der Waals surface area contributed by atoms with Crippen LogP contribution in [-0.2, 0) is 4.52 Å². The minimum Gasteiger partial charge on any atom is -0.343 e. The summed E-state index contributed by atoms with van der Waals surface area (Å²) in [4.78, 5) is 0. The van der Waals surface area contributed by atoms with Crippen LogP contribution in [0, 0.1) is 12.3 Å². The molecule has 0 aromatic rings. The van der Waals surface area contributed by atoms with Gasteiger partial charge in [0.1, 0.15) is 6.10 Å². The first-order valence-corrected chi connectivity index (χ1v) is 6.64. The van der Waals surface area contributed by atoms with Gasteiger partial charge < -0.3 is 4.52 Å². The van der Waals surface area contributed by atoms with Gasteiger partial charge in [-0.2, -0.15) is 0 Å². The summed E-state index contributed by atoms with van der Waals surface area (Å²) < 4.78 is 5.29. The summed E-state index contributed by atoms with van der Waals surface area (Å²) in [6.45, 7) is 2.18. The van der Waals surface area contributed by atoms with Crippen LogP contribution in [0.3, 0.4) is 0 Å². The predicted octanol–water partition coefficient (Wildman–Crippen LogP) is 2.97. The standard InChI is InChI=1S/C8H16OP2/c1-3-5-6-7-8(4-2)9-11-10/h2,8,11H,3,5-7,10H2,1H3/t8-/m1/s1. The van der Waals surface area contributed by atoms with E-state index >= 15 is 0 Å². The van der Waals surface area contributed by atoms with Crippen LogP contribution in [0.15, 0.2) is 0 Å². The van der Waals surface area contributed by atoms with Crippen LogP contribution in [0.4, 0.5) is 0 Å². The van der Waals surface area contributed by atoms with Crippen LogP contribution >= 0.6 is 17.4 Å². The van der Waals surface area contributed by atoms with E-state index in [0.717, 1.165) is 6.42 Å². The molecule has 0 heterocycles. The molecule has 0 aliphatic rings. The third-order valence-corrected chi connectivity index (χ3v) is 2.29. The van der Waals surface area contributed by atoms with Crippen LogP contribution in [0.2, 0.25) is 0 Å². The average Bonchev–Trinajstić information content (AvgIpc) is 2.03. The Morgan fingerprint density at radius 1 is 1.64 bits per heavy atom. The second-order valence-corrected chi connectivity index (χ2v) is 3.57. The second-order valence-electron chi connectivity index (χ2n) is 2.39. The molecule has 3 atom stereocenters. The molecule has 3 heteroatoms. The number of rotatable bonds is 6. The van der Waals surface area contributed by atoms with Gasteiger partial charge in [0.05, 0.1) is 0 Å². The fourth-order valence-corrected chi connectivity index (χ4v) is 1.68. The molecule has 0 saturated heterocycles. The van der Waals surface area contributed by atoms with Crippen molar-refractivity contribution >= 4 is 17.4 Å². The first-order valence-electron chi connectivity index (χ1n) is 3.92. The molecule has 0 spiro atoms. The average molecular weight is 190 g/mol. The fourth-order valence-electron chi connectivity index (χ4n) is 0.838. The Bertz CT molecular complexity index is 120. The lowest BCUT2D eigenvalue weighted by Gasteiger charge is -2.08. The Hall–Kier alpha value is 0.380. The van der Waals surface area contributed by atoms with Crippen LogP contribution in [0.5, 0.6) is 0 Å². The Kier molecular flexibility index (Phi) is 8.77. The predicted molar refractivity (Wildman–Crippen MR) is 55.9 cm³/mol. The van der Waals surface area contributed by atoms with Crippen molar-refractivity contribution in [3.05, 3.63) is 0 Å². The first-order chi connectivity index (χ1) is 5.35. The van der Waals surface area contributed by atoms with Crippen molar-refractivity contribution in [3.63, 3.8) is 0 Å². The summed E-state index contributed by atoms with van der Waals surface area (Å²) in [5.74, 6) is 2.63. The molecule has 0 aromatic carbocycles. The lowest BCUT2D eigenvalue weighted by molar-refractivity contribution is 0.283. The summed E-state index contributed by atoms with van der Waals surface area (Å²) in [7, 11) is 2.97. The molecular weight excluding hydrogens is 174 g/mol. The zero-order chi connectivity index (χ0) is 8.53. The summed E-state index contributed by atoms with van der Waals surface area (Å²) in [5.41, 5.74) is 0. The van der Waals surface area contributed by atoms with Crippen molar-refractivity contribution in [1.29, 1.82) is 0 Å². The highest BCUT2D eigenvalue weighted by molar-refractivity contribution is 8.00. The van der Waals surface area contributed by atoms with E-state index in [0.29, 0.717) is 8.50 Å². The van der Waals surface area contributed by atoms with Gasteiger partial charge in [0.25, 0.3) is 0 Å². The quantitative estimate of drug-likeness (QED) is 0.355. The Morgan fingerprint density at radius 3 is 2.82 bits per heavy atom. The lowest BCUT2D eigenvalue weighted by atomic mass is 10.1. The van der Waals surface area contributed by atoms with Gasteiger partial charge in [-0.25, -0.2) is 0 Å². The molecule has 0 fully saturated rings. The Labute approximate surface area is 73.6 Å². The summed E-state index contributed by atoms with van der Waals surface area (Å²) in [6.07, 6.45) is 9.98. The molecule has 0 bridgehead atoms. The maximum Gasteiger partial charge on any atom is 0.122 e. The molecule has 0 aliphatic heterocycles. The second kappa shape index (κ2) is 8.48. The Balaban J connectivity index is 3.30. The van der Waals surface area contributed by atoms with Crippen molar-refractivity contribution in [2.24, 2.45) is 0 Å². The zero-order valence-corrected chi connectivity index (χ0v) is 9.12. The molecule has 64 valence electrons. The highest BCUT2D eigenvalue weighted by Gasteiger charge is 2.01. The van der Waals surface area contributed by atoms with Crippen LogP contribution in [0.25, 0.3) is 0 Å². The summed E-state index contributed by atoms with van der Waals surface area (Å²) in [5, 5.41) is 0. The van der Waals surface area contributed by atoms with E-state index in [1.807, 2.05) is 0 Å². The monoisotopic (exact) mass is 190 g/mol. The molecule has 2 unspecified atom stereocenters. The van der Waals surface area contributed by atoms with Gasteiger partial charge in [-0.3, -0.25) is 0 Å². The highest BCUT2D eigenvalue weighted by atomic mass is 32.0. The van der Waals surface area contributed by atoms with Crippen molar-refractivity contribution in [1.82, 2.24) is 0 Å². The van der Waals surface area contributed by atoms with Crippen molar-refractivity contribution < 1.29 is 4.52 Å². The van der Waals surface area contributed by atoms with Gasteiger partial charge >= 0.3 is 0 Å². The molecule has 11 heavy (non-hydrogen) atoms. The maximum absolute atomic E-state index is 5.29. The number of unbranched alkanes of at least 4 members (excludes halogenated alkanes) is 2. The molecule has 0 amide bonds. The van der Waals surface area contributed by atoms with Gasteiger partial charge in [-0.15, -0.1) is 6.42 Å². The van der Waals surface area contributed by atoms with Crippen LogP contribution in [0.1, 0.15) is 32.6 Å². The van der Waals surface area contributed by atoms with E-state index in [2.05, 4.69) is 21.8 Å². The number of hydrogen-bond acceptors (Lipinski definition) is 1. The molecular formula is C8H16OP2. The van der Waals surface area contributed by atoms with Gasteiger partial charge in [0.2, 0.25) is 0 Å². The van der Waals surface area contributed by atoms with Crippen LogP contribution < -0.4 is 0 Å². The Morgan fingerprint density at radius 2 is 2.36 bits per heavy atom. The van der Waals surface area contributed by atoms with E-state index in [-0.39, 0.29) is 6.10 Å². The van der Waals surface area contributed by atoms with Gasteiger partial charge in [-0.1, -0.05) is 34.6 Å².